The summed E-state index contributed by atoms with van der Waals surface area (Å²) in [5, 5.41) is 22.9. The first-order valence-corrected chi connectivity index (χ1v) is 9.47. The highest BCUT2D eigenvalue weighted by Gasteiger charge is 2.17. The quantitative estimate of drug-likeness (QED) is 0.391. The van der Waals surface area contributed by atoms with E-state index in [0.29, 0.717) is 29.3 Å². The second-order valence-electron chi connectivity index (χ2n) is 6.62. The van der Waals surface area contributed by atoms with Crippen LogP contribution in [0, 0.1) is 11.3 Å². The van der Waals surface area contributed by atoms with Crippen molar-refractivity contribution in [1.82, 2.24) is 14.9 Å². The number of hydrogen-bond acceptors (Lipinski definition) is 6. The lowest BCUT2D eigenvalue weighted by Crippen LogP contribution is -2.34. The number of imidazole rings is 1. The summed E-state index contributed by atoms with van der Waals surface area (Å²) in [6.45, 7) is 2.50. The van der Waals surface area contributed by atoms with E-state index in [1.54, 1.807) is 36.3 Å². The lowest BCUT2D eigenvalue weighted by Gasteiger charge is -2.19. The number of amides is 1. The highest BCUT2D eigenvalue weighted by Crippen LogP contribution is 2.19. The molecule has 8 nitrogen and oxygen atoms in total. The Morgan fingerprint density at radius 1 is 1.23 bits per heavy atom. The highest BCUT2D eigenvalue weighted by atomic mass is 16.5. The zero-order valence-corrected chi connectivity index (χ0v) is 16.8. The van der Waals surface area contributed by atoms with Crippen LogP contribution < -0.4 is 10.1 Å². The third kappa shape index (κ3) is 4.96. The number of aromatic nitrogens is 2. The number of ether oxygens (including phenoxy) is 1. The van der Waals surface area contributed by atoms with Gasteiger partial charge in [0.25, 0.3) is 0 Å². The summed E-state index contributed by atoms with van der Waals surface area (Å²) in [5.74, 6) is 0.635. The number of carbonyl (C=O) groups is 1. The van der Waals surface area contributed by atoms with Gasteiger partial charge in [0.2, 0.25) is 5.91 Å². The molecule has 3 N–H and O–H groups in total. The third-order valence-corrected chi connectivity index (χ3v) is 4.59. The predicted molar refractivity (Wildman–Crippen MR) is 115 cm³/mol. The predicted octanol–water partition coefficient (Wildman–Crippen LogP) is 3.32. The van der Waals surface area contributed by atoms with Crippen LogP contribution in [0.25, 0.3) is 16.6 Å². The molecule has 1 heterocycles. The first kappa shape index (κ1) is 20.9. The molecule has 8 heteroatoms. The smallest absolute Gasteiger partial charge is 0.238 e. The van der Waals surface area contributed by atoms with Gasteiger partial charge in [-0.05, 0) is 42.9 Å². The Balaban J connectivity index is 1.69. The number of benzene rings is 2. The molecule has 0 unspecified atom stereocenters. The maximum Gasteiger partial charge on any atom is 0.238 e. The number of nitrogens with one attached hydrogen (secondary N) is 2. The van der Waals surface area contributed by atoms with Crippen molar-refractivity contribution in [3.63, 3.8) is 0 Å². The Bertz CT molecular complexity index is 1060. The van der Waals surface area contributed by atoms with E-state index in [2.05, 4.69) is 15.3 Å². The number of methoxy groups -OCH3 is 1. The molecular weight excluding hydrogens is 382 g/mol. The second kappa shape index (κ2) is 9.58. The zero-order chi connectivity index (χ0) is 21.5. The molecule has 0 saturated heterocycles. The molecule has 3 rings (SSSR count). The minimum absolute atomic E-state index is 0.0481. The number of H-pyrrole nitrogens is 1. The van der Waals surface area contributed by atoms with Gasteiger partial charge >= 0.3 is 0 Å². The molecular formula is C22H23N5O3. The lowest BCUT2D eigenvalue weighted by molar-refractivity contribution is -0.117. The maximum absolute atomic E-state index is 12.4. The fraction of sp³-hybridized carbons (Fsp3) is 0.227. The van der Waals surface area contributed by atoms with Gasteiger partial charge < -0.3 is 20.1 Å². The third-order valence-electron chi connectivity index (χ3n) is 4.59. The molecule has 0 spiro atoms. The maximum atomic E-state index is 12.4. The molecule has 0 bridgehead atoms. The van der Waals surface area contributed by atoms with Crippen LogP contribution in [0.2, 0.25) is 0 Å². The Hall–Kier alpha value is -3.83. The molecule has 0 radical (unpaired) electrons. The molecule has 0 aliphatic carbocycles. The largest absolute Gasteiger partial charge is 0.509 e. The fourth-order valence-corrected chi connectivity index (χ4v) is 2.97. The SMILES string of the molecule is CCN(CC(=O)Nc1ccc(OC)cc1)C/C(O)=C(\C#N)c1nc2ccccc2[nH]1. The molecule has 0 aliphatic rings. The average molecular weight is 405 g/mol. The standard InChI is InChI=1S/C22H23N5O3/c1-3-27(14-21(29)24-15-8-10-16(30-2)11-9-15)13-20(28)17(12-23)22-25-18-6-4-5-7-19(18)26-22/h4-11,28H,3,13-14H2,1-2H3,(H,24,29)(H,25,26)/b20-17-. The van der Waals surface area contributed by atoms with Crippen LogP contribution in [0.4, 0.5) is 5.69 Å². The summed E-state index contributed by atoms with van der Waals surface area (Å²) >= 11 is 0. The molecule has 0 saturated carbocycles. The van der Waals surface area contributed by atoms with Gasteiger partial charge in [-0.1, -0.05) is 19.1 Å². The first-order valence-electron chi connectivity index (χ1n) is 9.47. The number of aromatic amines is 1. The van der Waals surface area contributed by atoms with E-state index in [9.17, 15) is 15.2 Å². The molecule has 0 fully saturated rings. The van der Waals surface area contributed by atoms with Gasteiger partial charge in [-0.25, -0.2) is 4.98 Å². The molecule has 1 amide bonds. The molecule has 2 aromatic carbocycles. The Morgan fingerprint density at radius 3 is 2.60 bits per heavy atom. The number of fused-ring (bicyclic) bond motifs is 1. The number of aliphatic hydroxyl groups excluding tert-OH is 1. The van der Waals surface area contributed by atoms with Crippen molar-refractivity contribution in [3.05, 3.63) is 60.1 Å². The number of nitrogens with zero attached hydrogens (tertiary/aromatic N) is 3. The van der Waals surface area contributed by atoms with E-state index in [1.807, 2.05) is 37.3 Å². The Labute approximate surface area is 174 Å². The molecule has 0 aliphatic heterocycles. The van der Waals surface area contributed by atoms with E-state index >= 15 is 0 Å². The van der Waals surface area contributed by atoms with Crippen LogP contribution in [0.15, 0.2) is 54.3 Å². The average Bonchev–Trinajstić information content (AvgIpc) is 3.18. The summed E-state index contributed by atoms with van der Waals surface area (Å²) < 4.78 is 5.10. The number of anilines is 1. The number of rotatable bonds is 8. The van der Waals surface area contributed by atoms with E-state index in [0.717, 1.165) is 5.52 Å². The Kier molecular flexibility index (Phi) is 6.67. The van der Waals surface area contributed by atoms with Crippen molar-refractivity contribution in [3.8, 4) is 11.8 Å². The minimum Gasteiger partial charge on any atom is -0.509 e. The molecule has 154 valence electrons. The van der Waals surface area contributed by atoms with Gasteiger partial charge in [-0.2, -0.15) is 5.26 Å². The highest BCUT2D eigenvalue weighted by molar-refractivity contribution is 5.92. The van der Waals surface area contributed by atoms with Crippen LogP contribution in [0.1, 0.15) is 12.7 Å². The van der Waals surface area contributed by atoms with Crippen LogP contribution in [-0.2, 0) is 4.79 Å². The number of para-hydroxylation sites is 2. The normalized spacial score (nSPS) is 11.8. The molecule has 3 aromatic rings. The van der Waals surface area contributed by atoms with Gasteiger partial charge in [0.05, 0.1) is 31.2 Å². The molecule has 30 heavy (non-hydrogen) atoms. The molecule has 1 aromatic heterocycles. The van der Waals surface area contributed by atoms with Crippen molar-refractivity contribution < 1.29 is 14.6 Å². The summed E-state index contributed by atoms with van der Waals surface area (Å²) in [5.41, 5.74) is 2.19. The number of likely N-dealkylation sites (N-methyl/N-ethyl adjacent to an activating group) is 1. The Morgan fingerprint density at radius 2 is 1.97 bits per heavy atom. The number of carbonyl (C=O) groups excluding carboxylic acids is 1. The zero-order valence-electron chi connectivity index (χ0n) is 16.8. The van der Waals surface area contributed by atoms with Crippen LogP contribution in [0.5, 0.6) is 5.75 Å². The van der Waals surface area contributed by atoms with Crippen LogP contribution in [0.3, 0.4) is 0 Å². The number of aliphatic hydroxyl groups is 1. The van der Waals surface area contributed by atoms with E-state index in [4.69, 9.17) is 4.74 Å². The van der Waals surface area contributed by atoms with Crippen LogP contribution in [-0.4, -0.2) is 52.6 Å². The lowest BCUT2D eigenvalue weighted by atomic mass is 10.2. The first-order chi connectivity index (χ1) is 14.5. The van der Waals surface area contributed by atoms with Crippen molar-refractivity contribution in [1.29, 1.82) is 5.26 Å². The monoisotopic (exact) mass is 405 g/mol. The van der Waals surface area contributed by atoms with Gasteiger partial charge in [0.1, 0.15) is 23.2 Å². The van der Waals surface area contributed by atoms with Crippen molar-refractivity contribution in [2.75, 3.05) is 32.1 Å². The summed E-state index contributed by atoms with van der Waals surface area (Å²) in [7, 11) is 1.58. The molecule has 0 atom stereocenters. The summed E-state index contributed by atoms with van der Waals surface area (Å²) in [4.78, 5) is 21.5. The van der Waals surface area contributed by atoms with Gasteiger partial charge in [0.15, 0.2) is 5.82 Å². The van der Waals surface area contributed by atoms with Crippen molar-refractivity contribution in [2.24, 2.45) is 0 Å². The summed E-state index contributed by atoms with van der Waals surface area (Å²) in [6, 6.07) is 16.4. The van der Waals surface area contributed by atoms with Crippen molar-refractivity contribution in [2.45, 2.75) is 6.92 Å². The van der Waals surface area contributed by atoms with Gasteiger partial charge in [-0.15, -0.1) is 0 Å². The second-order valence-corrected chi connectivity index (χ2v) is 6.62. The van der Waals surface area contributed by atoms with E-state index < -0.39 is 0 Å². The van der Waals surface area contributed by atoms with E-state index in [1.165, 1.54) is 0 Å². The minimum atomic E-state index is -0.225. The number of allylic oxidation sites excluding steroid dienone is 1. The van der Waals surface area contributed by atoms with Crippen LogP contribution >= 0.6 is 0 Å². The van der Waals surface area contributed by atoms with Gasteiger partial charge in [0, 0.05) is 5.69 Å². The number of hydrogen-bond donors (Lipinski definition) is 3. The number of nitriles is 1. The van der Waals surface area contributed by atoms with E-state index in [-0.39, 0.29) is 30.3 Å². The van der Waals surface area contributed by atoms with Crippen molar-refractivity contribution >= 4 is 28.2 Å². The fourth-order valence-electron chi connectivity index (χ4n) is 2.97. The van der Waals surface area contributed by atoms with Gasteiger partial charge in [-0.3, -0.25) is 9.69 Å². The topological polar surface area (TPSA) is 114 Å². The summed E-state index contributed by atoms with van der Waals surface area (Å²) in [6.07, 6.45) is 0.